The van der Waals surface area contributed by atoms with E-state index in [4.69, 9.17) is 10.5 Å². The Hall–Kier alpha value is -1.35. The van der Waals surface area contributed by atoms with E-state index in [1.54, 1.807) is 0 Å². The van der Waals surface area contributed by atoms with Gasteiger partial charge in [-0.2, -0.15) is 0 Å². The zero-order valence-electron chi connectivity index (χ0n) is 11.2. The number of benzene rings is 1. The van der Waals surface area contributed by atoms with Crippen molar-refractivity contribution in [3.63, 3.8) is 0 Å². The first-order chi connectivity index (χ1) is 9.28. The summed E-state index contributed by atoms with van der Waals surface area (Å²) in [6.45, 7) is 1.51. The molecule has 1 saturated carbocycles. The Kier molecular flexibility index (Phi) is 3.56. The number of hydrogen-bond donors (Lipinski definition) is 1. The Morgan fingerprint density at radius 3 is 2.79 bits per heavy atom. The summed E-state index contributed by atoms with van der Waals surface area (Å²) in [5, 5.41) is 0. The molecular formula is C16H21NO2. The molecule has 1 fully saturated rings. The second-order valence-corrected chi connectivity index (χ2v) is 5.74. The highest BCUT2D eigenvalue weighted by atomic mass is 16.5. The van der Waals surface area contributed by atoms with Crippen molar-refractivity contribution in [1.82, 2.24) is 0 Å². The van der Waals surface area contributed by atoms with Crippen molar-refractivity contribution < 1.29 is 9.53 Å². The van der Waals surface area contributed by atoms with Gasteiger partial charge in [0.15, 0.2) is 5.78 Å². The van der Waals surface area contributed by atoms with Crippen molar-refractivity contribution >= 4 is 5.78 Å². The SMILES string of the molecule is NCC1CCC(C(=O)c2ccc3c(c2)CCO3)CC1. The van der Waals surface area contributed by atoms with Gasteiger partial charge in [0.25, 0.3) is 0 Å². The van der Waals surface area contributed by atoms with Gasteiger partial charge in [-0.1, -0.05) is 0 Å². The highest BCUT2D eigenvalue weighted by molar-refractivity contribution is 5.98. The van der Waals surface area contributed by atoms with E-state index in [9.17, 15) is 4.79 Å². The van der Waals surface area contributed by atoms with Crippen LogP contribution in [0.4, 0.5) is 0 Å². The molecule has 1 aromatic rings. The zero-order chi connectivity index (χ0) is 13.2. The number of ketones is 1. The highest BCUT2D eigenvalue weighted by Gasteiger charge is 2.27. The predicted octanol–water partition coefficient (Wildman–Crippen LogP) is 2.57. The number of hydrogen-bond acceptors (Lipinski definition) is 3. The molecule has 2 aliphatic rings. The maximum Gasteiger partial charge on any atom is 0.165 e. The Balaban J connectivity index is 1.70. The van der Waals surface area contributed by atoms with E-state index in [0.29, 0.717) is 11.7 Å². The fourth-order valence-corrected chi connectivity index (χ4v) is 3.24. The van der Waals surface area contributed by atoms with Crippen LogP contribution in [0.2, 0.25) is 0 Å². The summed E-state index contributed by atoms with van der Waals surface area (Å²) in [6, 6.07) is 5.89. The predicted molar refractivity (Wildman–Crippen MR) is 74.5 cm³/mol. The summed E-state index contributed by atoms with van der Waals surface area (Å²) in [5.74, 6) is 2.08. The van der Waals surface area contributed by atoms with Crippen LogP contribution in [-0.4, -0.2) is 18.9 Å². The van der Waals surface area contributed by atoms with Gasteiger partial charge in [-0.05, 0) is 61.9 Å². The summed E-state index contributed by atoms with van der Waals surface area (Å²) in [6.07, 6.45) is 5.11. The standard InChI is InChI=1S/C16H21NO2/c17-10-11-1-3-12(4-2-11)16(18)14-5-6-15-13(9-14)7-8-19-15/h5-6,9,11-12H,1-4,7-8,10,17H2. The minimum atomic E-state index is 0.197. The third-order valence-corrected chi connectivity index (χ3v) is 4.52. The fraction of sp³-hybridized carbons (Fsp3) is 0.562. The molecule has 2 N–H and O–H groups in total. The van der Waals surface area contributed by atoms with Crippen LogP contribution < -0.4 is 10.5 Å². The molecule has 3 heteroatoms. The van der Waals surface area contributed by atoms with E-state index in [-0.39, 0.29) is 5.92 Å². The van der Waals surface area contributed by atoms with Gasteiger partial charge in [-0.25, -0.2) is 0 Å². The fourth-order valence-electron chi connectivity index (χ4n) is 3.24. The maximum absolute atomic E-state index is 12.5. The molecule has 102 valence electrons. The van der Waals surface area contributed by atoms with Crippen molar-refractivity contribution in [2.45, 2.75) is 32.1 Å². The van der Waals surface area contributed by atoms with Crippen molar-refractivity contribution in [1.29, 1.82) is 0 Å². The van der Waals surface area contributed by atoms with E-state index in [2.05, 4.69) is 0 Å². The molecule has 0 unspecified atom stereocenters. The first-order valence-electron chi connectivity index (χ1n) is 7.28. The average Bonchev–Trinajstić information content (AvgIpc) is 2.94. The van der Waals surface area contributed by atoms with Gasteiger partial charge in [-0.15, -0.1) is 0 Å². The molecule has 0 aromatic heterocycles. The van der Waals surface area contributed by atoms with Gasteiger partial charge in [0.05, 0.1) is 6.61 Å². The number of carbonyl (C=O) groups is 1. The number of rotatable bonds is 3. The van der Waals surface area contributed by atoms with Crippen LogP contribution in [0.5, 0.6) is 5.75 Å². The summed E-state index contributed by atoms with van der Waals surface area (Å²) in [4.78, 5) is 12.5. The monoisotopic (exact) mass is 259 g/mol. The Labute approximate surface area is 114 Å². The second kappa shape index (κ2) is 5.33. The third kappa shape index (κ3) is 2.52. The average molecular weight is 259 g/mol. The molecule has 0 amide bonds. The smallest absolute Gasteiger partial charge is 0.165 e. The lowest BCUT2D eigenvalue weighted by Gasteiger charge is -2.26. The first kappa shape index (κ1) is 12.7. The quantitative estimate of drug-likeness (QED) is 0.849. The molecule has 3 nitrogen and oxygen atoms in total. The molecule has 19 heavy (non-hydrogen) atoms. The van der Waals surface area contributed by atoms with E-state index in [1.165, 1.54) is 5.56 Å². The largest absolute Gasteiger partial charge is 0.493 e. The normalized spacial score (nSPS) is 25.7. The van der Waals surface area contributed by atoms with Crippen molar-refractivity contribution in [3.8, 4) is 5.75 Å². The van der Waals surface area contributed by atoms with Crippen molar-refractivity contribution in [2.24, 2.45) is 17.6 Å². The first-order valence-corrected chi connectivity index (χ1v) is 7.28. The molecule has 0 spiro atoms. The second-order valence-electron chi connectivity index (χ2n) is 5.74. The lowest BCUT2D eigenvalue weighted by Crippen LogP contribution is -2.25. The van der Waals surface area contributed by atoms with E-state index >= 15 is 0 Å². The minimum Gasteiger partial charge on any atom is -0.493 e. The minimum absolute atomic E-state index is 0.197. The van der Waals surface area contributed by atoms with E-state index in [0.717, 1.165) is 56.6 Å². The van der Waals surface area contributed by atoms with Gasteiger partial charge in [-0.3, -0.25) is 4.79 Å². The molecule has 1 aromatic carbocycles. The number of carbonyl (C=O) groups excluding carboxylic acids is 1. The van der Waals surface area contributed by atoms with Crippen molar-refractivity contribution in [3.05, 3.63) is 29.3 Å². The maximum atomic E-state index is 12.5. The van der Waals surface area contributed by atoms with Gasteiger partial charge >= 0.3 is 0 Å². The van der Waals surface area contributed by atoms with Gasteiger partial charge in [0.2, 0.25) is 0 Å². The van der Waals surface area contributed by atoms with Crippen LogP contribution in [0.3, 0.4) is 0 Å². The molecule has 0 saturated heterocycles. The summed E-state index contributed by atoms with van der Waals surface area (Å²) in [7, 11) is 0. The number of fused-ring (bicyclic) bond motifs is 1. The third-order valence-electron chi connectivity index (χ3n) is 4.52. The lowest BCUT2D eigenvalue weighted by molar-refractivity contribution is 0.0873. The van der Waals surface area contributed by atoms with Gasteiger partial charge in [0, 0.05) is 17.9 Å². The number of nitrogens with two attached hydrogens (primary N) is 1. The highest BCUT2D eigenvalue weighted by Crippen LogP contribution is 2.32. The molecule has 0 radical (unpaired) electrons. The molecule has 1 aliphatic heterocycles. The molecule has 1 heterocycles. The number of Topliss-reactive ketones (excluding diaryl/α,β-unsaturated/α-hetero) is 1. The topological polar surface area (TPSA) is 52.3 Å². The number of ether oxygens (including phenoxy) is 1. The van der Waals surface area contributed by atoms with Gasteiger partial charge < -0.3 is 10.5 Å². The summed E-state index contributed by atoms with van der Waals surface area (Å²) < 4.78 is 5.48. The Morgan fingerprint density at radius 1 is 1.26 bits per heavy atom. The zero-order valence-corrected chi connectivity index (χ0v) is 11.2. The van der Waals surface area contributed by atoms with E-state index in [1.807, 2.05) is 18.2 Å². The van der Waals surface area contributed by atoms with E-state index < -0.39 is 0 Å². The van der Waals surface area contributed by atoms with Crippen LogP contribution in [0.15, 0.2) is 18.2 Å². The summed E-state index contributed by atoms with van der Waals surface area (Å²) in [5.41, 5.74) is 7.74. The van der Waals surface area contributed by atoms with Gasteiger partial charge in [0.1, 0.15) is 5.75 Å². The van der Waals surface area contributed by atoms with Crippen LogP contribution in [-0.2, 0) is 6.42 Å². The van der Waals surface area contributed by atoms with Crippen LogP contribution >= 0.6 is 0 Å². The molecule has 3 rings (SSSR count). The lowest BCUT2D eigenvalue weighted by atomic mass is 9.78. The molecule has 0 atom stereocenters. The van der Waals surface area contributed by atoms with Crippen LogP contribution in [0, 0.1) is 11.8 Å². The van der Waals surface area contributed by atoms with Crippen LogP contribution in [0.25, 0.3) is 0 Å². The van der Waals surface area contributed by atoms with Crippen LogP contribution in [0.1, 0.15) is 41.6 Å². The molecule has 1 aliphatic carbocycles. The van der Waals surface area contributed by atoms with Crippen molar-refractivity contribution in [2.75, 3.05) is 13.2 Å². The Bertz CT molecular complexity index is 476. The summed E-state index contributed by atoms with van der Waals surface area (Å²) >= 11 is 0. The Morgan fingerprint density at radius 2 is 2.05 bits per heavy atom. The molecular weight excluding hydrogens is 238 g/mol. The molecule has 0 bridgehead atoms.